The first kappa shape index (κ1) is 15.4. The van der Waals surface area contributed by atoms with Crippen LogP contribution in [0.5, 0.6) is 0 Å². The molecule has 1 aromatic rings. The molecule has 1 aliphatic heterocycles. The van der Waals surface area contributed by atoms with Crippen LogP contribution in [-0.2, 0) is 22.3 Å². The van der Waals surface area contributed by atoms with Crippen LogP contribution < -0.4 is 5.32 Å². The molecule has 0 spiro atoms. The Kier molecular flexibility index (Phi) is 6.42. The number of likely N-dealkylation sites (N-methyl/N-ethyl adjacent to an activating group) is 1. The van der Waals surface area contributed by atoms with E-state index < -0.39 is 0 Å². The SMILES string of the molecule is CCNC(COC)Cc1nc(CC2CCCCO2)no1. The first-order valence-electron chi connectivity index (χ1n) is 7.47. The maximum Gasteiger partial charge on any atom is 0.228 e. The van der Waals surface area contributed by atoms with Gasteiger partial charge in [-0.05, 0) is 25.8 Å². The fourth-order valence-electron chi connectivity index (χ4n) is 2.52. The molecule has 2 unspecified atom stereocenters. The summed E-state index contributed by atoms with van der Waals surface area (Å²) in [6.45, 7) is 4.45. The van der Waals surface area contributed by atoms with Gasteiger partial charge in [-0.1, -0.05) is 12.1 Å². The minimum Gasteiger partial charge on any atom is -0.383 e. The Morgan fingerprint density at radius 3 is 3.05 bits per heavy atom. The molecule has 1 aromatic heterocycles. The Bertz CT molecular complexity index is 371. The Hall–Kier alpha value is -0.980. The summed E-state index contributed by atoms with van der Waals surface area (Å²) in [5.74, 6) is 1.42. The first-order chi connectivity index (χ1) is 9.81. The van der Waals surface area contributed by atoms with Gasteiger partial charge in [0, 0.05) is 32.6 Å². The van der Waals surface area contributed by atoms with Crippen molar-refractivity contribution in [3.05, 3.63) is 11.7 Å². The lowest BCUT2D eigenvalue weighted by Crippen LogP contribution is -2.35. The summed E-state index contributed by atoms with van der Waals surface area (Å²) in [5, 5.41) is 7.39. The lowest BCUT2D eigenvalue weighted by atomic mass is 10.1. The molecule has 1 N–H and O–H groups in total. The summed E-state index contributed by atoms with van der Waals surface area (Å²) >= 11 is 0. The minimum atomic E-state index is 0.212. The van der Waals surface area contributed by atoms with E-state index in [9.17, 15) is 0 Å². The van der Waals surface area contributed by atoms with Crippen molar-refractivity contribution in [1.82, 2.24) is 15.5 Å². The van der Waals surface area contributed by atoms with Crippen LogP contribution in [0, 0.1) is 0 Å². The first-order valence-corrected chi connectivity index (χ1v) is 7.47. The van der Waals surface area contributed by atoms with Crippen molar-refractivity contribution in [1.29, 1.82) is 0 Å². The predicted octanol–water partition coefficient (Wildman–Crippen LogP) is 1.35. The van der Waals surface area contributed by atoms with Crippen LogP contribution in [0.25, 0.3) is 0 Å². The smallest absolute Gasteiger partial charge is 0.228 e. The van der Waals surface area contributed by atoms with Crippen molar-refractivity contribution in [2.24, 2.45) is 0 Å². The molecule has 114 valence electrons. The number of nitrogens with one attached hydrogen (secondary N) is 1. The molecule has 0 aromatic carbocycles. The van der Waals surface area contributed by atoms with Crippen LogP contribution >= 0.6 is 0 Å². The molecule has 0 aliphatic carbocycles. The lowest BCUT2D eigenvalue weighted by molar-refractivity contribution is 0.0153. The van der Waals surface area contributed by atoms with Gasteiger partial charge in [0.1, 0.15) is 0 Å². The zero-order valence-corrected chi connectivity index (χ0v) is 12.4. The molecule has 1 aliphatic rings. The molecular weight excluding hydrogens is 258 g/mol. The van der Waals surface area contributed by atoms with Gasteiger partial charge in [-0.25, -0.2) is 0 Å². The van der Waals surface area contributed by atoms with Crippen LogP contribution in [0.15, 0.2) is 4.52 Å². The van der Waals surface area contributed by atoms with Gasteiger partial charge >= 0.3 is 0 Å². The minimum absolute atomic E-state index is 0.212. The van der Waals surface area contributed by atoms with Crippen molar-refractivity contribution in [2.75, 3.05) is 26.9 Å². The number of aromatic nitrogens is 2. The molecule has 0 radical (unpaired) electrons. The van der Waals surface area contributed by atoms with Gasteiger partial charge in [-0.2, -0.15) is 4.98 Å². The highest BCUT2D eigenvalue weighted by atomic mass is 16.5. The second-order valence-corrected chi connectivity index (χ2v) is 5.21. The highest BCUT2D eigenvalue weighted by Crippen LogP contribution is 2.16. The number of hydrogen-bond acceptors (Lipinski definition) is 6. The van der Waals surface area contributed by atoms with E-state index in [-0.39, 0.29) is 12.1 Å². The number of ether oxygens (including phenoxy) is 2. The average molecular weight is 283 g/mol. The van der Waals surface area contributed by atoms with Crippen LogP contribution in [0.4, 0.5) is 0 Å². The topological polar surface area (TPSA) is 69.4 Å². The van der Waals surface area contributed by atoms with Gasteiger partial charge in [0.25, 0.3) is 0 Å². The number of nitrogens with zero attached hydrogens (tertiary/aromatic N) is 2. The number of methoxy groups -OCH3 is 1. The maximum atomic E-state index is 5.70. The van der Waals surface area contributed by atoms with Gasteiger partial charge in [0.2, 0.25) is 5.89 Å². The highest BCUT2D eigenvalue weighted by molar-refractivity contribution is 4.92. The summed E-state index contributed by atoms with van der Waals surface area (Å²) in [7, 11) is 1.70. The molecule has 0 bridgehead atoms. The molecule has 6 nitrogen and oxygen atoms in total. The summed E-state index contributed by atoms with van der Waals surface area (Å²) in [6, 6.07) is 0.212. The molecule has 6 heteroatoms. The molecule has 2 rings (SSSR count). The van der Waals surface area contributed by atoms with Gasteiger partial charge in [0.15, 0.2) is 5.82 Å². The van der Waals surface area contributed by atoms with E-state index in [0.29, 0.717) is 18.9 Å². The van der Waals surface area contributed by atoms with E-state index in [1.807, 2.05) is 0 Å². The molecule has 0 amide bonds. The van der Waals surface area contributed by atoms with Gasteiger partial charge in [-0.3, -0.25) is 0 Å². The molecule has 1 fully saturated rings. The van der Waals surface area contributed by atoms with Crippen LogP contribution in [0.2, 0.25) is 0 Å². The molecule has 2 heterocycles. The normalized spacial score (nSPS) is 21.0. The summed E-state index contributed by atoms with van der Waals surface area (Å²) in [6.07, 6.45) is 5.17. The zero-order valence-electron chi connectivity index (χ0n) is 12.4. The van der Waals surface area contributed by atoms with Crippen molar-refractivity contribution in [3.63, 3.8) is 0 Å². The quantitative estimate of drug-likeness (QED) is 0.776. The van der Waals surface area contributed by atoms with Crippen molar-refractivity contribution < 1.29 is 14.0 Å². The van der Waals surface area contributed by atoms with E-state index in [1.165, 1.54) is 6.42 Å². The highest BCUT2D eigenvalue weighted by Gasteiger charge is 2.19. The zero-order chi connectivity index (χ0) is 14.2. The van der Waals surface area contributed by atoms with Gasteiger partial charge < -0.3 is 19.3 Å². The molecule has 0 saturated carbocycles. The van der Waals surface area contributed by atoms with E-state index in [4.69, 9.17) is 14.0 Å². The Morgan fingerprint density at radius 2 is 2.35 bits per heavy atom. The summed E-state index contributed by atoms with van der Waals surface area (Å²) in [5.41, 5.74) is 0. The fourth-order valence-corrected chi connectivity index (χ4v) is 2.52. The van der Waals surface area contributed by atoms with Crippen molar-refractivity contribution in [3.8, 4) is 0 Å². The second-order valence-electron chi connectivity index (χ2n) is 5.21. The molecule has 2 atom stereocenters. The molecule has 1 saturated heterocycles. The van der Waals surface area contributed by atoms with E-state index >= 15 is 0 Å². The standard InChI is InChI=1S/C14H25N3O3/c1-3-15-11(10-18-2)8-14-16-13(17-20-14)9-12-6-4-5-7-19-12/h11-12,15H,3-10H2,1-2H3. The number of hydrogen-bond donors (Lipinski definition) is 1. The van der Waals surface area contributed by atoms with Crippen molar-refractivity contribution >= 4 is 0 Å². The Labute approximate surface area is 120 Å². The third kappa shape index (κ3) is 4.85. The third-order valence-corrected chi connectivity index (χ3v) is 3.48. The Balaban J connectivity index is 1.83. The summed E-state index contributed by atoms with van der Waals surface area (Å²) < 4.78 is 16.2. The van der Waals surface area contributed by atoms with Crippen LogP contribution in [-0.4, -0.2) is 49.2 Å². The molecule has 20 heavy (non-hydrogen) atoms. The predicted molar refractivity (Wildman–Crippen MR) is 74.6 cm³/mol. The van der Waals surface area contributed by atoms with Gasteiger partial charge in [0.05, 0.1) is 12.7 Å². The van der Waals surface area contributed by atoms with Crippen molar-refractivity contribution in [2.45, 2.75) is 51.2 Å². The molecular formula is C14H25N3O3. The maximum absolute atomic E-state index is 5.70. The average Bonchev–Trinajstić information content (AvgIpc) is 2.88. The van der Waals surface area contributed by atoms with E-state index in [0.717, 1.165) is 38.2 Å². The third-order valence-electron chi connectivity index (χ3n) is 3.48. The summed E-state index contributed by atoms with van der Waals surface area (Å²) in [4.78, 5) is 4.46. The second kappa shape index (κ2) is 8.34. The number of rotatable bonds is 8. The monoisotopic (exact) mass is 283 g/mol. The lowest BCUT2D eigenvalue weighted by Gasteiger charge is -2.20. The fraction of sp³-hybridized carbons (Fsp3) is 0.857. The van der Waals surface area contributed by atoms with E-state index in [2.05, 4.69) is 22.4 Å². The van der Waals surface area contributed by atoms with Crippen LogP contribution in [0.3, 0.4) is 0 Å². The van der Waals surface area contributed by atoms with Gasteiger partial charge in [-0.15, -0.1) is 0 Å². The largest absolute Gasteiger partial charge is 0.383 e. The van der Waals surface area contributed by atoms with E-state index in [1.54, 1.807) is 7.11 Å². The Morgan fingerprint density at radius 1 is 1.45 bits per heavy atom. The van der Waals surface area contributed by atoms with Crippen LogP contribution in [0.1, 0.15) is 37.9 Å².